The average molecular weight is 576 g/mol. The summed E-state index contributed by atoms with van der Waals surface area (Å²) in [5.41, 5.74) is 6.63. The molecule has 8 aromatic carbocycles. The predicted octanol–water partition coefficient (Wildman–Crippen LogP) is 12.4. The van der Waals surface area contributed by atoms with E-state index in [9.17, 15) is 0 Å². The first-order valence-corrected chi connectivity index (χ1v) is 15.3. The van der Waals surface area contributed by atoms with E-state index in [1.807, 2.05) is 24.3 Å². The summed E-state index contributed by atoms with van der Waals surface area (Å²) in [6.45, 7) is 0. The molecule has 2 aromatic heterocycles. The molecule has 210 valence electrons. The highest BCUT2D eigenvalue weighted by Gasteiger charge is 2.21. The first-order valence-electron chi connectivity index (χ1n) is 15.3. The Morgan fingerprint density at radius 1 is 0.333 bits per heavy atom. The van der Waals surface area contributed by atoms with Crippen LogP contribution in [0.25, 0.3) is 76.2 Å². The Morgan fingerprint density at radius 3 is 1.76 bits per heavy atom. The predicted molar refractivity (Wildman–Crippen MR) is 188 cm³/mol. The van der Waals surface area contributed by atoms with Gasteiger partial charge in [0.2, 0.25) is 0 Å². The van der Waals surface area contributed by atoms with Crippen molar-refractivity contribution in [2.45, 2.75) is 0 Å². The lowest BCUT2D eigenvalue weighted by molar-refractivity contribution is 0.669. The number of hydrogen-bond acceptors (Lipinski definition) is 3. The molecule has 0 aliphatic heterocycles. The molecule has 0 saturated carbocycles. The molecule has 0 fully saturated rings. The highest BCUT2D eigenvalue weighted by molar-refractivity contribution is 6.19. The van der Waals surface area contributed by atoms with Crippen LogP contribution >= 0.6 is 0 Å². The summed E-state index contributed by atoms with van der Waals surface area (Å²) in [6.07, 6.45) is 0. The number of furan rings is 2. The van der Waals surface area contributed by atoms with E-state index >= 15 is 0 Å². The first kappa shape index (κ1) is 24.4. The van der Waals surface area contributed by atoms with E-state index in [0.717, 1.165) is 60.9 Å². The second-order valence-corrected chi connectivity index (χ2v) is 11.7. The highest BCUT2D eigenvalue weighted by atomic mass is 16.3. The molecule has 0 spiro atoms. The van der Waals surface area contributed by atoms with Crippen molar-refractivity contribution in [1.82, 2.24) is 0 Å². The standard InChI is InChI=1S/C42H25NO2/c1-2-9-30-26(8-1)17-22-32-31(30)21-18-27-16-19-28(24-36(27)32)43(29-20-23-34-33-10-3-5-13-38(33)45-41(34)25-29)37-12-7-15-40-42(37)35-11-4-6-14-39(35)44-40/h1-25H. The molecule has 0 radical (unpaired) electrons. The zero-order chi connectivity index (χ0) is 29.5. The Bertz CT molecular complexity index is 2780. The van der Waals surface area contributed by atoms with Crippen molar-refractivity contribution in [3.63, 3.8) is 0 Å². The summed E-state index contributed by atoms with van der Waals surface area (Å²) in [5, 5.41) is 11.9. The molecule has 0 saturated heterocycles. The van der Waals surface area contributed by atoms with Gasteiger partial charge in [-0.3, -0.25) is 0 Å². The minimum Gasteiger partial charge on any atom is -0.456 e. The van der Waals surface area contributed by atoms with E-state index in [1.54, 1.807) is 0 Å². The van der Waals surface area contributed by atoms with E-state index in [1.165, 1.54) is 32.3 Å². The third-order valence-corrected chi connectivity index (χ3v) is 9.23. The van der Waals surface area contributed by atoms with Gasteiger partial charge in [0.1, 0.15) is 22.3 Å². The molecule has 10 rings (SSSR count). The van der Waals surface area contributed by atoms with Crippen molar-refractivity contribution in [3.05, 3.63) is 152 Å². The van der Waals surface area contributed by atoms with Crippen molar-refractivity contribution < 1.29 is 8.83 Å². The minimum atomic E-state index is 0.862. The molecule has 0 aliphatic rings. The number of fused-ring (bicyclic) bond motifs is 11. The summed E-state index contributed by atoms with van der Waals surface area (Å²) in [5.74, 6) is 0. The lowest BCUT2D eigenvalue weighted by Crippen LogP contribution is -2.10. The van der Waals surface area contributed by atoms with Gasteiger partial charge < -0.3 is 13.7 Å². The number of nitrogens with zero attached hydrogens (tertiary/aromatic N) is 1. The van der Waals surface area contributed by atoms with Crippen molar-refractivity contribution in [3.8, 4) is 0 Å². The van der Waals surface area contributed by atoms with E-state index in [-0.39, 0.29) is 0 Å². The Labute approximate surface area is 258 Å². The molecule has 10 aromatic rings. The Hall–Kier alpha value is -6.06. The van der Waals surface area contributed by atoms with E-state index in [2.05, 4.69) is 132 Å². The van der Waals surface area contributed by atoms with Crippen LogP contribution < -0.4 is 4.90 Å². The van der Waals surface area contributed by atoms with E-state index < -0.39 is 0 Å². The Balaban J connectivity index is 1.28. The number of benzene rings is 8. The van der Waals surface area contributed by atoms with Gasteiger partial charge in [-0.05, 0) is 80.8 Å². The van der Waals surface area contributed by atoms with E-state index in [4.69, 9.17) is 8.83 Å². The average Bonchev–Trinajstić information content (AvgIpc) is 3.66. The number of hydrogen-bond donors (Lipinski definition) is 0. The third kappa shape index (κ3) is 3.58. The van der Waals surface area contributed by atoms with Crippen LogP contribution in [0.3, 0.4) is 0 Å². The lowest BCUT2D eigenvalue weighted by Gasteiger charge is -2.26. The maximum Gasteiger partial charge on any atom is 0.137 e. The molecule has 0 N–H and O–H groups in total. The molecule has 2 heterocycles. The molecule has 3 nitrogen and oxygen atoms in total. The largest absolute Gasteiger partial charge is 0.456 e. The molecule has 0 atom stereocenters. The van der Waals surface area contributed by atoms with Crippen LogP contribution in [-0.2, 0) is 0 Å². The van der Waals surface area contributed by atoms with Crippen molar-refractivity contribution in [2.24, 2.45) is 0 Å². The molecule has 0 unspecified atom stereocenters. The summed E-state index contributed by atoms with van der Waals surface area (Å²) in [4.78, 5) is 2.34. The summed E-state index contributed by atoms with van der Waals surface area (Å²) in [6, 6.07) is 53.8. The smallest absolute Gasteiger partial charge is 0.137 e. The van der Waals surface area contributed by atoms with Gasteiger partial charge in [-0.15, -0.1) is 0 Å². The topological polar surface area (TPSA) is 29.5 Å². The maximum absolute atomic E-state index is 6.38. The highest BCUT2D eigenvalue weighted by Crippen LogP contribution is 2.45. The van der Waals surface area contributed by atoms with Crippen molar-refractivity contribution in [1.29, 1.82) is 0 Å². The van der Waals surface area contributed by atoms with Gasteiger partial charge in [0, 0.05) is 33.6 Å². The lowest BCUT2D eigenvalue weighted by atomic mass is 9.96. The van der Waals surface area contributed by atoms with Crippen molar-refractivity contribution >= 4 is 93.3 Å². The summed E-state index contributed by atoms with van der Waals surface area (Å²) >= 11 is 0. The second-order valence-electron chi connectivity index (χ2n) is 11.7. The molecule has 0 bridgehead atoms. The third-order valence-electron chi connectivity index (χ3n) is 9.23. The number of rotatable bonds is 3. The fourth-order valence-electron chi connectivity index (χ4n) is 7.17. The van der Waals surface area contributed by atoms with Gasteiger partial charge in [-0.1, -0.05) is 97.1 Å². The second kappa shape index (κ2) is 9.22. The zero-order valence-corrected chi connectivity index (χ0v) is 24.2. The number of para-hydroxylation sites is 2. The van der Waals surface area contributed by atoms with Gasteiger partial charge in [-0.25, -0.2) is 0 Å². The SMILES string of the molecule is c1ccc2c(c1)ccc1c3cc(N(c4ccc5c(c4)oc4ccccc45)c4cccc5oc6ccccc6c45)ccc3ccc21. The Morgan fingerprint density at radius 2 is 0.889 bits per heavy atom. The van der Waals surface area contributed by atoms with Crippen molar-refractivity contribution in [2.75, 3.05) is 4.90 Å². The van der Waals surface area contributed by atoms with Crippen LogP contribution in [0.4, 0.5) is 17.1 Å². The van der Waals surface area contributed by atoms with Crippen LogP contribution in [0.2, 0.25) is 0 Å². The zero-order valence-electron chi connectivity index (χ0n) is 24.2. The van der Waals surface area contributed by atoms with Gasteiger partial charge in [0.05, 0.1) is 11.1 Å². The minimum absolute atomic E-state index is 0.862. The van der Waals surface area contributed by atoms with Gasteiger partial charge in [0.25, 0.3) is 0 Å². The first-order chi connectivity index (χ1) is 22.3. The molecule has 0 aliphatic carbocycles. The van der Waals surface area contributed by atoms with Gasteiger partial charge in [-0.2, -0.15) is 0 Å². The molecular weight excluding hydrogens is 550 g/mol. The number of anilines is 3. The molecule has 0 amide bonds. The van der Waals surface area contributed by atoms with Gasteiger partial charge in [0.15, 0.2) is 0 Å². The Kier molecular flexibility index (Phi) is 5.00. The van der Waals surface area contributed by atoms with E-state index in [0.29, 0.717) is 0 Å². The maximum atomic E-state index is 6.38. The normalized spacial score (nSPS) is 12.0. The summed E-state index contributed by atoms with van der Waals surface area (Å²) in [7, 11) is 0. The monoisotopic (exact) mass is 575 g/mol. The fourth-order valence-corrected chi connectivity index (χ4v) is 7.17. The molecule has 45 heavy (non-hydrogen) atoms. The van der Waals surface area contributed by atoms with Crippen LogP contribution in [0.5, 0.6) is 0 Å². The quantitative estimate of drug-likeness (QED) is 0.196. The van der Waals surface area contributed by atoms with Crippen LogP contribution in [0.15, 0.2) is 160 Å². The summed E-state index contributed by atoms with van der Waals surface area (Å²) < 4.78 is 12.7. The van der Waals surface area contributed by atoms with Crippen LogP contribution in [0, 0.1) is 0 Å². The molecule has 3 heteroatoms. The van der Waals surface area contributed by atoms with Crippen LogP contribution in [0.1, 0.15) is 0 Å². The van der Waals surface area contributed by atoms with Crippen LogP contribution in [-0.4, -0.2) is 0 Å². The van der Waals surface area contributed by atoms with Gasteiger partial charge >= 0.3 is 0 Å². The fraction of sp³-hybridized carbons (Fsp3) is 0. The molecular formula is C42H25NO2.